The van der Waals surface area contributed by atoms with Gasteiger partial charge in [0.05, 0.1) is 0 Å². The van der Waals surface area contributed by atoms with Gasteiger partial charge in [-0.15, -0.1) is 0 Å². The Hall–Kier alpha value is 2.87. The van der Waals surface area contributed by atoms with E-state index in [-0.39, 0.29) is 112 Å². The molecule has 0 aromatic carbocycles. The Bertz CT molecular complexity index is 155. The van der Waals surface area contributed by atoms with E-state index in [2.05, 4.69) is 11.1 Å². The van der Waals surface area contributed by atoms with E-state index in [0.717, 1.165) is 0 Å². The fourth-order valence-electron chi connectivity index (χ4n) is 0.118. The molecule has 0 heterocycles. The Morgan fingerprint density at radius 1 is 1.47 bits per heavy atom. The maximum absolute atomic E-state index is 9.45. The van der Waals surface area contributed by atoms with Crippen LogP contribution in [0.25, 0.3) is 0 Å². The van der Waals surface area contributed by atoms with Crippen molar-refractivity contribution in [3.63, 3.8) is 0 Å². The van der Waals surface area contributed by atoms with Crippen molar-refractivity contribution in [2.75, 3.05) is 6.61 Å². The number of carbonyl (C=O) groups excluding carboxylic acids is 1. The van der Waals surface area contributed by atoms with Gasteiger partial charge < -0.3 is 26.2 Å². The van der Waals surface area contributed by atoms with Crippen LogP contribution in [-0.4, -0.2) is 12.9 Å². The van der Waals surface area contributed by atoms with Gasteiger partial charge in [0, 0.05) is 105 Å². The van der Waals surface area contributed by atoms with Crippen molar-refractivity contribution in [3.8, 4) is 0 Å². The fourth-order valence-corrected chi connectivity index (χ4v) is 0.354. The van der Waals surface area contributed by atoms with E-state index in [0.29, 0.717) is 5.57 Å². The van der Waals surface area contributed by atoms with E-state index < -0.39 is 8.25 Å². The second-order valence-corrected chi connectivity index (χ2v) is 2.35. The standard InChI is InChI=1S/C4H5O.C2H7O3P.CH3.3Y/c1-4(2)3-5;1-2-5-6(3)4;;;;/h1H2,2H3;6H,2H2,1H3,(H,3,4);1H3;;;/q-1;;-1;;;/p-1. The minimum Gasteiger partial charge on any atom is -0.781 e. The SMILES string of the molecule is C=C(C)[C-]=O.CCO[PH](=O)[O-].[CH3-].[Y].[Y].[Y]. The van der Waals surface area contributed by atoms with E-state index in [9.17, 15) is 14.3 Å². The summed E-state index contributed by atoms with van der Waals surface area (Å²) in [4.78, 5) is 18.7. The van der Waals surface area contributed by atoms with Crippen LogP contribution in [0, 0.1) is 7.43 Å². The van der Waals surface area contributed by atoms with Gasteiger partial charge in [0.25, 0.3) is 0 Å². The van der Waals surface area contributed by atoms with E-state index >= 15 is 0 Å². The van der Waals surface area contributed by atoms with Crippen LogP contribution < -0.4 is 4.89 Å². The molecule has 0 spiro atoms. The molecule has 0 aliphatic heterocycles. The molecular weight excluding hydrogens is 446 g/mol. The molecule has 0 N–H and O–H groups in total. The average Bonchev–Trinajstić information content (AvgIpc) is 1.89. The largest absolute Gasteiger partial charge is 0.781 e. The molecule has 0 aromatic heterocycles. The van der Waals surface area contributed by atoms with E-state index in [1.807, 2.05) is 0 Å². The van der Waals surface area contributed by atoms with Gasteiger partial charge in [0.15, 0.2) is 0 Å². The molecule has 0 amide bonds. The van der Waals surface area contributed by atoms with Crippen LogP contribution in [0.15, 0.2) is 12.2 Å². The summed E-state index contributed by atoms with van der Waals surface area (Å²) in [5.41, 5.74) is 0.449. The predicted molar refractivity (Wildman–Crippen MR) is 47.5 cm³/mol. The van der Waals surface area contributed by atoms with Gasteiger partial charge in [-0.2, -0.15) is 5.57 Å². The summed E-state index contributed by atoms with van der Waals surface area (Å²) in [5, 5.41) is 0. The summed E-state index contributed by atoms with van der Waals surface area (Å²) in [6.07, 6.45) is 1.58. The number of hydrogen-bond donors (Lipinski definition) is 0. The Kier molecular flexibility index (Phi) is 72.6. The molecule has 0 aromatic rings. The Morgan fingerprint density at radius 2 is 1.73 bits per heavy atom. The molecule has 15 heavy (non-hydrogen) atoms. The Labute approximate surface area is 168 Å². The summed E-state index contributed by atoms with van der Waals surface area (Å²) >= 11 is 0. The maximum atomic E-state index is 9.45. The number of allylic oxidation sites excluding steroid dienone is 1. The number of rotatable bonds is 3. The van der Waals surface area contributed by atoms with Gasteiger partial charge in [-0.1, -0.05) is 6.92 Å². The van der Waals surface area contributed by atoms with Crippen LogP contribution in [0.3, 0.4) is 0 Å². The second kappa shape index (κ2) is 30.2. The Balaban J connectivity index is -0.0000000215. The van der Waals surface area contributed by atoms with Gasteiger partial charge >= 0.3 is 0 Å². The van der Waals surface area contributed by atoms with Crippen LogP contribution in [0.5, 0.6) is 0 Å². The van der Waals surface area contributed by atoms with E-state index in [1.165, 1.54) is 0 Å². The van der Waals surface area contributed by atoms with Crippen LogP contribution >= 0.6 is 8.25 Å². The zero-order chi connectivity index (χ0) is 9.28. The number of hydrogen-bond acceptors (Lipinski definition) is 4. The fraction of sp³-hybridized carbons (Fsp3) is 0.429. The first-order valence-electron chi connectivity index (χ1n) is 2.92. The molecule has 0 aliphatic carbocycles. The van der Waals surface area contributed by atoms with Gasteiger partial charge in [-0.05, 0) is 13.2 Å². The molecule has 0 bridgehead atoms. The molecule has 83 valence electrons. The summed E-state index contributed by atoms with van der Waals surface area (Å²) in [6, 6.07) is 0. The van der Waals surface area contributed by atoms with Crippen molar-refractivity contribution in [2.24, 2.45) is 0 Å². The van der Waals surface area contributed by atoms with E-state index in [4.69, 9.17) is 0 Å². The molecule has 4 nitrogen and oxygen atoms in total. The van der Waals surface area contributed by atoms with Crippen molar-refractivity contribution in [2.45, 2.75) is 13.8 Å². The van der Waals surface area contributed by atoms with Crippen LogP contribution in [0.2, 0.25) is 0 Å². The molecule has 3 radical (unpaired) electrons. The first-order chi connectivity index (χ1) is 5.04. The molecule has 8 heteroatoms. The van der Waals surface area contributed by atoms with Gasteiger partial charge in [0.2, 0.25) is 0 Å². The van der Waals surface area contributed by atoms with Crippen molar-refractivity contribution in [3.05, 3.63) is 19.6 Å². The third kappa shape index (κ3) is 60.2. The van der Waals surface area contributed by atoms with E-state index in [1.54, 1.807) is 20.1 Å². The van der Waals surface area contributed by atoms with Gasteiger partial charge in [0.1, 0.15) is 8.25 Å². The maximum Gasteiger partial charge on any atom is 0.122 e. The first kappa shape index (κ1) is 36.1. The third-order valence-electron chi connectivity index (χ3n) is 0.436. The van der Waals surface area contributed by atoms with Crippen LogP contribution in [0.1, 0.15) is 13.8 Å². The van der Waals surface area contributed by atoms with Crippen molar-refractivity contribution >= 4 is 14.5 Å². The van der Waals surface area contributed by atoms with Crippen molar-refractivity contribution < 1.29 is 117 Å². The zero-order valence-corrected chi connectivity index (χ0v) is 18.8. The molecule has 0 fully saturated rings. The monoisotopic (exact) mass is 460 g/mol. The molecule has 0 rings (SSSR count). The molecule has 0 saturated carbocycles. The molecular formula is C7H14O4PY3-3. The normalized spacial score (nSPS) is 7.93. The molecule has 1 atom stereocenters. The van der Waals surface area contributed by atoms with Crippen molar-refractivity contribution in [1.29, 1.82) is 0 Å². The summed E-state index contributed by atoms with van der Waals surface area (Å²) < 4.78 is 13.5. The molecule has 0 aliphatic rings. The molecule has 0 saturated heterocycles. The summed E-state index contributed by atoms with van der Waals surface area (Å²) in [5.74, 6) is 0. The molecule has 1 unspecified atom stereocenters. The van der Waals surface area contributed by atoms with Gasteiger partial charge in [-0.25, -0.2) is 6.58 Å². The Morgan fingerprint density at radius 3 is 1.73 bits per heavy atom. The minimum atomic E-state index is -2.89. The topological polar surface area (TPSA) is 66.4 Å². The van der Waals surface area contributed by atoms with Crippen LogP contribution in [0.4, 0.5) is 0 Å². The quantitative estimate of drug-likeness (QED) is 0.357. The smallest absolute Gasteiger partial charge is 0.122 e. The van der Waals surface area contributed by atoms with Gasteiger partial charge in [-0.3, -0.25) is 0 Å². The predicted octanol–water partition coefficient (Wildman–Crippen LogP) is 0.888. The second-order valence-electron chi connectivity index (χ2n) is 1.57. The summed E-state index contributed by atoms with van der Waals surface area (Å²) in [7, 11) is -2.89. The third-order valence-corrected chi connectivity index (χ3v) is 0.961. The average molecular weight is 460 g/mol. The minimum absolute atomic E-state index is 0. The summed E-state index contributed by atoms with van der Waals surface area (Å²) in [6.45, 7) is 6.73. The first-order valence-corrected chi connectivity index (χ1v) is 4.14. The van der Waals surface area contributed by atoms with Crippen LogP contribution in [-0.2, 0) is 112 Å². The zero-order valence-electron chi connectivity index (χ0n) is 9.28. The van der Waals surface area contributed by atoms with Crippen molar-refractivity contribution in [1.82, 2.24) is 0 Å².